The first-order valence-corrected chi connectivity index (χ1v) is 10.9. The molecule has 0 aliphatic heterocycles. The Balaban J connectivity index is 1.71. The summed E-state index contributed by atoms with van der Waals surface area (Å²) in [4.78, 5) is 35.9. The average Bonchev–Trinajstić information content (AvgIpc) is 2.94. The lowest BCUT2D eigenvalue weighted by molar-refractivity contribution is -0.227. The fourth-order valence-corrected chi connectivity index (χ4v) is 7.32. The lowest BCUT2D eigenvalue weighted by Crippen LogP contribution is -2.69. The molecule has 0 aromatic heterocycles. The van der Waals surface area contributed by atoms with Crippen LogP contribution in [0.15, 0.2) is 11.6 Å². The summed E-state index contributed by atoms with van der Waals surface area (Å²) >= 11 is 0. The summed E-state index contributed by atoms with van der Waals surface area (Å²) in [6, 6.07) is 0. The Kier molecular flexibility index (Phi) is 4.83. The van der Waals surface area contributed by atoms with E-state index in [1.165, 1.54) is 6.92 Å². The van der Waals surface area contributed by atoms with Crippen molar-refractivity contribution in [3.05, 3.63) is 11.6 Å². The van der Waals surface area contributed by atoms with E-state index in [1.54, 1.807) is 13.0 Å². The van der Waals surface area contributed by atoms with E-state index in [0.717, 1.165) is 5.57 Å². The van der Waals surface area contributed by atoms with Crippen LogP contribution in [0.25, 0.3) is 0 Å². The van der Waals surface area contributed by atoms with Gasteiger partial charge in [0.05, 0.1) is 6.10 Å². The van der Waals surface area contributed by atoms with Gasteiger partial charge in [0.15, 0.2) is 12.4 Å². The molecule has 7 atom stereocenters. The second-order valence-electron chi connectivity index (χ2n) is 10.2. The summed E-state index contributed by atoms with van der Waals surface area (Å²) in [5.41, 5.74) is -4.83. The second kappa shape index (κ2) is 6.70. The maximum atomic E-state index is 16.9. The number of carbonyl (C=O) groups is 3. The molecular formula is C23H31FO6. The van der Waals surface area contributed by atoms with E-state index in [4.69, 9.17) is 4.74 Å². The van der Waals surface area contributed by atoms with Gasteiger partial charge in [-0.15, -0.1) is 0 Å². The van der Waals surface area contributed by atoms with E-state index >= 15 is 4.39 Å². The SMILES string of the molecule is CC(=O)OCC(=O)[C@@]1(O)CCC2C3CCC4=CC(=O)CCC4(C)[C@@]3(F)C(O)CC21C. The van der Waals surface area contributed by atoms with Crippen LogP contribution in [0, 0.1) is 22.7 Å². The molecule has 0 spiro atoms. The minimum Gasteiger partial charge on any atom is -0.458 e. The van der Waals surface area contributed by atoms with Crippen molar-refractivity contribution < 1.29 is 33.7 Å². The van der Waals surface area contributed by atoms with Gasteiger partial charge in [-0.2, -0.15) is 0 Å². The lowest BCUT2D eigenvalue weighted by atomic mass is 9.44. The van der Waals surface area contributed by atoms with Gasteiger partial charge >= 0.3 is 5.97 Å². The third kappa shape index (κ3) is 2.57. The number of allylic oxidation sites excluding steroid dienone is 1. The van der Waals surface area contributed by atoms with Crippen molar-refractivity contribution in [2.45, 2.75) is 83.1 Å². The Morgan fingerprint density at radius 1 is 1.20 bits per heavy atom. The number of hydrogen-bond acceptors (Lipinski definition) is 6. The molecule has 3 saturated carbocycles. The summed E-state index contributed by atoms with van der Waals surface area (Å²) in [7, 11) is 0. The van der Waals surface area contributed by atoms with Gasteiger partial charge < -0.3 is 14.9 Å². The number of halogens is 1. The Bertz CT molecular complexity index is 838. The van der Waals surface area contributed by atoms with Gasteiger partial charge in [-0.25, -0.2) is 4.39 Å². The third-order valence-electron chi connectivity index (χ3n) is 9.06. The average molecular weight is 422 g/mol. The summed E-state index contributed by atoms with van der Waals surface area (Å²) in [5, 5.41) is 22.6. The summed E-state index contributed by atoms with van der Waals surface area (Å²) in [5.74, 6) is -1.99. The largest absolute Gasteiger partial charge is 0.458 e. The Morgan fingerprint density at radius 3 is 2.57 bits per heavy atom. The molecule has 2 N–H and O–H groups in total. The van der Waals surface area contributed by atoms with E-state index in [1.807, 2.05) is 6.92 Å². The first-order valence-electron chi connectivity index (χ1n) is 10.9. The maximum absolute atomic E-state index is 16.9. The van der Waals surface area contributed by atoms with Crippen LogP contribution in [0.2, 0.25) is 0 Å². The van der Waals surface area contributed by atoms with Gasteiger partial charge in [0.2, 0.25) is 5.78 Å². The zero-order chi connectivity index (χ0) is 22.1. The van der Waals surface area contributed by atoms with Crippen LogP contribution in [0.1, 0.15) is 65.7 Å². The number of Topliss-reactive ketones (excluding diaryl/α,β-unsaturated/α-hetero) is 1. The molecule has 4 aliphatic rings. The fourth-order valence-electron chi connectivity index (χ4n) is 7.32. The van der Waals surface area contributed by atoms with Crippen molar-refractivity contribution in [1.82, 2.24) is 0 Å². The van der Waals surface area contributed by atoms with Gasteiger partial charge in [0, 0.05) is 30.1 Å². The number of carbonyl (C=O) groups excluding carboxylic acids is 3. The van der Waals surface area contributed by atoms with E-state index in [2.05, 4.69) is 0 Å². The van der Waals surface area contributed by atoms with E-state index in [0.29, 0.717) is 25.7 Å². The molecular weight excluding hydrogens is 391 g/mol. The lowest BCUT2D eigenvalue weighted by Gasteiger charge is -2.63. The first kappa shape index (κ1) is 21.6. The smallest absolute Gasteiger partial charge is 0.303 e. The van der Waals surface area contributed by atoms with Crippen LogP contribution in [-0.2, 0) is 19.1 Å². The van der Waals surface area contributed by atoms with Gasteiger partial charge in [-0.1, -0.05) is 19.4 Å². The number of hydrogen-bond donors (Lipinski definition) is 2. The highest BCUT2D eigenvalue weighted by Crippen LogP contribution is 2.70. The molecule has 0 amide bonds. The number of ether oxygens (including phenoxy) is 1. The molecule has 4 rings (SSSR count). The molecule has 3 fully saturated rings. The highest BCUT2D eigenvalue weighted by molar-refractivity contribution is 5.92. The summed E-state index contributed by atoms with van der Waals surface area (Å²) in [6.07, 6.45) is 2.45. The van der Waals surface area contributed by atoms with Crippen LogP contribution in [0.4, 0.5) is 4.39 Å². The van der Waals surface area contributed by atoms with Crippen molar-refractivity contribution in [2.75, 3.05) is 6.61 Å². The molecule has 5 unspecified atom stereocenters. The van der Waals surface area contributed by atoms with Gasteiger partial charge in [-0.05, 0) is 50.5 Å². The van der Waals surface area contributed by atoms with Crippen molar-refractivity contribution >= 4 is 17.5 Å². The minimum atomic E-state index is -1.91. The predicted molar refractivity (Wildman–Crippen MR) is 105 cm³/mol. The van der Waals surface area contributed by atoms with Crippen molar-refractivity contribution in [2.24, 2.45) is 22.7 Å². The maximum Gasteiger partial charge on any atom is 0.303 e. The zero-order valence-electron chi connectivity index (χ0n) is 17.9. The van der Waals surface area contributed by atoms with Crippen LogP contribution >= 0.6 is 0 Å². The number of alkyl halides is 1. The normalized spacial score (nSPS) is 47.6. The topological polar surface area (TPSA) is 101 Å². The molecule has 6 nitrogen and oxygen atoms in total. The summed E-state index contributed by atoms with van der Waals surface area (Å²) in [6.45, 7) is 4.25. The van der Waals surface area contributed by atoms with Crippen LogP contribution in [-0.4, -0.2) is 51.7 Å². The predicted octanol–water partition coefficient (Wildman–Crippen LogP) is 2.44. The minimum absolute atomic E-state index is 0.00553. The van der Waals surface area contributed by atoms with Crippen LogP contribution in [0.3, 0.4) is 0 Å². The van der Waals surface area contributed by atoms with Crippen LogP contribution < -0.4 is 0 Å². The molecule has 166 valence electrons. The first-order chi connectivity index (χ1) is 13.9. The Labute approximate surface area is 175 Å². The number of rotatable bonds is 3. The number of ketones is 2. The van der Waals surface area contributed by atoms with Crippen molar-refractivity contribution in [1.29, 1.82) is 0 Å². The van der Waals surface area contributed by atoms with Gasteiger partial charge in [-0.3, -0.25) is 14.4 Å². The third-order valence-corrected chi connectivity index (χ3v) is 9.06. The molecule has 0 aromatic rings. The molecule has 0 heterocycles. The van der Waals surface area contributed by atoms with E-state index in [-0.39, 0.29) is 31.0 Å². The zero-order valence-corrected chi connectivity index (χ0v) is 17.9. The Morgan fingerprint density at radius 2 is 1.90 bits per heavy atom. The summed E-state index contributed by atoms with van der Waals surface area (Å²) < 4.78 is 21.8. The quantitative estimate of drug-likeness (QED) is 0.678. The number of aliphatic hydroxyl groups is 2. The van der Waals surface area contributed by atoms with Crippen LogP contribution in [0.5, 0.6) is 0 Å². The van der Waals surface area contributed by atoms with E-state index < -0.39 is 52.5 Å². The number of fused-ring (bicyclic) bond motifs is 5. The molecule has 0 saturated heterocycles. The number of esters is 1. The molecule has 0 aromatic carbocycles. The monoisotopic (exact) mass is 422 g/mol. The van der Waals surface area contributed by atoms with Crippen molar-refractivity contribution in [3.63, 3.8) is 0 Å². The molecule has 0 radical (unpaired) electrons. The van der Waals surface area contributed by atoms with E-state index in [9.17, 15) is 24.6 Å². The van der Waals surface area contributed by atoms with Gasteiger partial charge in [0.25, 0.3) is 0 Å². The Hall–Kier alpha value is -1.60. The molecule has 0 bridgehead atoms. The van der Waals surface area contributed by atoms with Crippen molar-refractivity contribution in [3.8, 4) is 0 Å². The molecule has 7 heteroatoms. The standard InChI is InChI=1S/C23H31FO6/c1-13(25)30-12-19(28)22(29)9-7-16-17-5-4-14-10-15(26)6-8-20(14,2)23(17,24)18(27)11-21(16,22)3/h10,16-18,27,29H,4-9,11-12H2,1-3H3/t16?,17?,18?,20?,21?,22-,23-/m0/s1. The molecule has 30 heavy (non-hydrogen) atoms. The second-order valence-corrected chi connectivity index (χ2v) is 10.2. The highest BCUT2D eigenvalue weighted by Gasteiger charge is 2.74. The molecule has 4 aliphatic carbocycles. The highest BCUT2D eigenvalue weighted by atomic mass is 19.1. The fraction of sp³-hybridized carbons (Fsp3) is 0.783. The number of aliphatic hydroxyl groups excluding tert-OH is 1. The van der Waals surface area contributed by atoms with Gasteiger partial charge in [0.1, 0.15) is 11.3 Å².